The molecule has 0 saturated carbocycles. The summed E-state index contributed by atoms with van der Waals surface area (Å²) in [6.07, 6.45) is 1.25. The van der Waals surface area contributed by atoms with Crippen molar-refractivity contribution in [3.63, 3.8) is 0 Å². The fraction of sp³-hybridized carbons (Fsp3) is 0.357. The minimum absolute atomic E-state index is 0.0742. The van der Waals surface area contributed by atoms with Gasteiger partial charge in [0.1, 0.15) is 11.6 Å². The fourth-order valence-corrected chi connectivity index (χ4v) is 2.02. The molecule has 1 heterocycles. The molecular formula is C14H15F2N3O2. The van der Waals surface area contributed by atoms with Crippen molar-refractivity contribution in [3.05, 3.63) is 47.6 Å². The Morgan fingerprint density at radius 2 is 2.14 bits per heavy atom. The second kappa shape index (κ2) is 6.43. The molecule has 0 spiro atoms. The van der Waals surface area contributed by atoms with E-state index in [0.29, 0.717) is 11.4 Å². The highest BCUT2D eigenvalue weighted by Gasteiger charge is 2.18. The number of halogens is 2. The summed E-state index contributed by atoms with van der Waals surface area (Å²) in [4.78, 5) is 15.8. The summed E-state index contributed by atoms with van der Waals surface area (Å²) in [6.45, 7) is 3.42. The van der Waals surface area contributed by atoms with Gasteiger partial charge in [-0.05, 0) is 24.5 Å². The maximum Gasteiger partial charge on any atom is 0.221 e. The molecule has 7 heteroatoms. The molecule has 2 rings (SSSR count). The lowest BCUT2D eigenvalue weighted by molar-refractivity contribution is -0.122. The number of nitrogens with zero attached hydrogens (tertiary/aromatic N) is 2. The second-order valence-electron chi connectivity index (χ2n) is 4.85. The van der Waals surface area contributed by atoms with Crippen molar-refractivity contribution in [3.8, 4) is 0 Å². The standard InChI is InChI=1S/C14H15F2N3O2/c1-8(11-4-3-10(15)6-12(11)16)5-13(20)18-9(2)14-17-7-21-19-14/h3-4,6-9H,5H2,1-2H3,(H,18,20)/t8-,9+/m1/s1. The molecule has 21 heavy (non-hydrogen) atoms. The highest BCUT2D eigenvalue weighted by molar-refractivity contribution is 5.77. The SMILES string of the molecule is C[C@H](CC(=O)N[C@@H](C)c1ncon1)c1ccc(F)cc1F. The summed E-state index contributed by atoms with van der Waals surface area (Å²) in [7, 11) is 0. The Morgan fingerprint density at radius 3 is 2.76 bits per heavy atom. The molecule has 0 unspecified atom stereocenters. The number of aromatic nitrogens is 2. The van der Waals surface area contributed by atoms with E-state index in [-0.39, 0.29) is 18.2 Å². The minimum Gasteiger partial charge on any atom is -0.346 e. The van der Waals surface area contributed by atoms with Crippen molar-refractivity contribution >= 4 is 5.91 Å². The summed E-state index contributed by atoms with van der Waals surface area (Å²) in [5, 5.41) is 6.32. The van der Waals surface area contributed by atoms with Gasteiger partial charge in [-0.25, -0.2) is 8.78 Å². The molecule has 1 aromatic heterocycles. The first-order valence-electron chi connectivity index (χ1n) is 6.48. The van der Waals surface area contributed by atoms with Gasteiger partial charge < -0.3 is 9.84 Å². The van der Waals surface area contributed by atoms with Crippen LogP contribution in [0.4, 0.5) is 8.78 Å². The van der Waals surface area contributed by atoms with Crippen molar-refractivity contribution in [2.24, 2.45) is 0 Å². The number of rotatable bonds is 5. The molecule has 2 aromatic rings. The van der Waals surface area contributed by atoms with Gasteiger partial charge in [0.2, 0.25) is 12.3 Å². The van der Waals surface area contributed by atoms with Gasteiger partial charge >= 0.3 is 0 Å². The lowest BCUT2D eigenvalue weighted by Gasteiger charge is -2.15. The lowest BCUT2D eigenvalue weighted by atomic mass is 9.96. The number of hydrogen-bond acceptors (Lipinski definition) is 4. The van der Waals surface area contributed by atoms with Crippen LogP contribution in [0.2, 0.25) is 0 Å². The Hall–Kier alpha value is -2.31. The smallest absolute Gasteiger partial charge is 0.221 e. The van der Waals surface area contributed by atoms with Crippen LogP contribution in [0.5, 0.6) is 0 Å². The molecule has 1 amide bonds. The van der Waals surface area contributed by atoms with Gasteiger partial charge in [0.25, 0.3) is 0 Å². The average Bonchev–Trinajstić information content (AvgIpc) is 2.91. The van der Waals surface area contributed by atoms with Crippen molar-refractivity contribution in [1.29, 1.82) is 0 Å². The minimum atomic E-state index is -0.651. The van der Waals surface area contributed by atoms with E-state index in [1.807, 2.05) is 0 Å². The molecule has 112 valence electrons. The highest BCUT2D eigenvalue weighted by Crippen LogP contribution is 2.23. The Kier molecular flexibility index (Phi) is 4.62. The molecule has 2 atom stereocenters. The summed E-state index contributed by atoms with van der Waals surface area (Å²) in [6, 6.07) is 2.94. The summed E-state index contributed by atoms with van der Waals surface area (Å²) in [5.41, 5.74) is 0.304. The molecule has 1 N–H and O–H groups in total. The first-order valence-corrected chi connectivity index (χ1v) is 6.48. The number of carbonyl (C=O) groups is 1. The van der Waals surface area contributed by atoms with Crippen LogP contribution in [0, 0.1) is 11.6 Å². The van der Waals surface area contributed by atoms with Gasteiger partial charge in [0.15, 0.2) is 5.82 Å². The highest BCUT2D eigenvalue weighted by atomic mass is 19.1. The molecule has 1 aromatic carbocycles. The molecule has 0 aliphatic heterocycles. The fourth-order valence-electron chi connectivity index (χ4n) is 2.02. The molecule has 0 radical (unpaired) electrons. The van der Waals surface area contributed by atoms with Crippen LogP contribution < -0.4 is 5.32 Å². The van der Waals surface area contributed by atoms with Crippen molar-refractivity contribution in [2.75, 3.05) is 0 Å². The van der Waals surface area contributed by atoms with Crippen molar-refractivity contribution < 1.29 is 18.1 Å². The summed E-state index contributed by atoms with van der Waals surface area (Å²) < 4.78 is 31.1. The maximum absolute atomic E-state index is 13.6. The van der Waals surface area contributed by atoms with E-state index >= 15 is 0 Å². The molecule has 5 nitrogen and oxygen atoms in total. The second-order valence-corrected chi connectivity index (χ2v) is 4.85. The predicted molar refractivity (Wildman–Crippen MR) is 70.2 cm³/mol. The molecule has 0 bridgehead atoms. The van der Waals surface area contributed by atoms with E-state index in [4.69, 9.17) is 0 Å². The van der Waals surface area contributed by atoms with Crippen LogP contribution in [0.25, 0.3) is 0 Å². The maximum atomic E-state index is 13.6. The van der Waals surface area contributed by atoms with Crippen LogP contribution in [0.3, 0.4) is 0 Å². The first kappa shape index (κ1) is 15.1. The Balaban J connectivity index is 1.96. The quantitative estimate of drug-likeness (QED) is 0.921. The van der Waals surface area contributed by atoms with Crippen LogP contribution >= 0.6 is 0 Å². The Morgan fingerprint density at radius 1 is 1.38 bits per heavy atom. The van der Waals surface area contributed by atoms with Crippen LogP contribution in [-0.2, 0) is 4.79 Å². The molecule has 0 aliphatic carbocycles. The van der Waals surface area contributed by atoms with Crippen LogP contribution in [0.1, 0.15) is 43.6 Å². The van der Waals surface area contributed by atoms with Gasteiger partial charge in [0, 0.05) is 12.5 Å². The third-order valence-electron chi connectivity index (χ3n) is 3.13. The number of benzene rings is 1. The normalized spacial score (nSPS) is 13.7. The average molecular weight is 295 g/mol. The van der Waals surface area contributed by atoms with Crippen LogP contribution in [0.15, 0.2) is 29.1 Å². The van der Waals surface area contributed by atoms with E-state index in [1.165, 1.54) is 18.5 Å². The zero-order valence-electron chi connectivity index (χ0n) is 11.6. The summed E-state index contributed by atoms with van der Waals surface area (Å²) in [5.74, 6) is -1.57. The van der Waals surface area contributed by atoms with Gasteiger partial charge in [-0.3, -0.25) is 4.79 Å². The van der Waals surface area contributed by atoms with Crippen molar-refractivity contribution in [1.82, 2.24) is 15.5 Å². The zero-order valence-corrected chi connectivity index (χ0v) is 11.6. The van der Waals surface area contributed by atoms with E-state index in [2.05, 4.69) is 20.0 Å². The van der Waals surface area contributed by atoms with Crippen LogP contribution in [-0.4, -0.2) is 16.0 Å². The van der Waals surface area contributed by atoms with Gasteiger partial charge in [0.05, 0.1) is 6.04 Å². The monoisotopic (exact) mass is 295 g/mol. The van der Waals surface area contributed by atoms with Gasteiger partial charge in [-0.15, -0.1) is 0 Å². The molecule has 0 fully saturated rings. The molecule has 0 saturated heterocycles. The first-order chi connectivity index (χ1) is 9.97. The largest absolute Gasteiger partial charge is 0.346 e. The molecular weight excluding hydrogens is 280 g/mol. The Bertz CT molecular complexity index is 617. The number of nitrogens with one attached hydrogen (secondary N) is 1. The number of amides is 1. The van der Waals surface area contributed by atoms with Crippen molar-refractivity contribution in [2.45, 2.75) is 32.2 Å². The van der Waals surface area contributed by atoms with Gasteiger partial charge in [-0.1, -0.05) is 18.1 Å². The summed E-state index contributed by atoms with van der Waals surface area (Å²) >= 11 is 0. The lowest BCUT2D eigenvalue weighted by Crippen LogP contribution is -2.28. The van der Waals surface area contributed by atoms with E-state index in [0.717, 1.165) is 6.07 Å². The van der Waals surface area contributed by atoms with E-state index in [1.54, 1.807) is 13.8 Å². The van der Waals surface area contributed by atoms with E-state index in [9.17, 15) is 13.6 Å². The number of hydrogen-bond donors (Lipinski definition) is 1. The van der Waals surface area contributed by atoms with E-state index < -0.39 is 17.7 Å². The Labute approximate surface area is 120 Å². The number of carbonyl (C=O) groups excluding carboxylic acids is 1. The third-order valence-corrected chi connectivity index (χ3v) is 3.13. The topological polar surface area (TPSA) is 68.0 Å². The molecule has 0 aliphatic rings. The predicted octanol–water partition coefficient (Wildman–Crippen LogP) is 2.72. The third kappa shape index (κ3) is 3.84. The van der Waals surface area contributed by atoms with Gasteiger partial charge in [-0.2, -0.15) is 4.98 Å². The zero-order chi connectivity index (χ0) is 15.4.